The van der Waals surface area contributed by atoms with Crippen LogP contribution >= 0.6 is 0 Å². The molecular formula is C17H20N4O4. The number of amides is 1. The number of nitrogens with one attached hydrogen (secondary N) is 2. The summed E-state index contributed by atoms with van der Waals surface area (Å²) in [5, 5.41) is 7.61. The quantitative estimate of drug-likeness (QED) is 0.681. The summed E-state index contributed by atoms with van der Waals surface area (Å²) < 4.78 is 15.4. The van der Waals surface area contributed by atoms with E-state index in [2.05, 4.69) is 20.4 Å². The molecule has 0 bridgehead atoms. The molecule has 132 valence electrons. The standard InChI is InChI=1S/C17H20N4O4/c1-10(17-20-15(21-25-17)6-7-23-2)18-16(22)14-9-11-8-12(24-3)4-5-13(11)19-14/h4-5,8-10,19H,6-7H2,1-3H3,(H,18,22). The van der Waals surface area contributed by atoms with Crippen molar-refractivity contribution in [1.82, 2.24) is 20.4 Å². The molecule has 0 aliphatic rings. The van der Waals surface area contributed by atoms with Crippen LogP contribution in [-0.2, 0) is 11.2 Å². The minimum atomic E-state index is -0.405. The fraction of sp³-hybridized carbons (Fsp3) is 0.353. The first-order valence-electron chi connectivity index (χ1n) is 7.89. The van der Waals surface area contributed by atoms with E-state index in [4.69, 9.17) is 14.0 Å². The van der Waals surface area contributed by atoms with Crippen LogP contribution in [0.3, 0.4) is 0 Å². The van der Waals surface area contributed by atoms with Gasteiger partial charge in [-0.15, -0.1) is 0 Å². The van der Waals surface area contributed by atoms with Crippen molar-refractivity contribution in [2.75, 3.05) is 20.8 Å². The number of methoxy groups -OCH3 is 2. The van der Waals surface area contributed by atoms with Crippen LogP contribution in [0, 0.1) is 0 Å². The van der Waals surface area contributed by atoms with E-state index in [1.54, 1.807) is 27.2 Å². The van der Waals surface area contributed by atoms with Crippen molar-refractivity contribution in [3.8, 4) is 5.75 Å². The smallest absolute Gasteiger partial charge is 0.268 e. The van der Waals surface area contributed by atoms with Crippen molar-refractivity contribution < 1.29 is 18.8 Å². The van der Waals surface area contributed by atoms with E-state index in [0.29, 0.717) is 30.4 Å². The molecule has 3 rings (SSSR count). The molecule has 0 saturated carbocycles. The Bertz CT molecular complexity index is 871. The summed E-state index contributed by atoms with van der Waals surface area (Å²) in [5.41, 5.74) is 1.31. The molecule has 8 nitrogen and oxygen atoms in total. The summed E-state index contributed by atoms with van der Waals surface area (Å²) in [7, 11) is 3.22. The van der Waals surface area contributed by atoms with Gasteiger partial charge in [-0.2, -0.15) is 4.98 Å². The first-order chi connectivity index (χ1) is 12.1. The third-order valence-corrected chi connectivity index (χ3v) is 3.80. The summed E-state index contributed by atoms with van der Waals surface area (Å²) in [4.78, 5) is 19.8. The van der Waals surface area contributed by atoms with Gasteiger partial charge in [0.2, 0.25) is 5.89 Å². The molecule has 0 saturated heterocycles. The van der Waals surface area contributed by atoms with Crippen molar-refractivity contribution in [2.45, 2.75) is 19.4 Å². The molecule has 25 heavy (non-hydrogen) atoms. The number of aromatic nitrogens is 3. The summed E-state index contributed by atoms with van der Waals surface area (Å²) >= 11 is 0. The topological polar surface area (TPSA) is 102 Å². The van der Waals surface area contributed by atoms with Crippen LogP contribution in [0.5, 0.6) is 5.75 Å². The van der Waals surface area contributed by atoms with Gasteiger partial charge in [0.25, 0.3) is 5.91 Å². The minimum absolute atomic E-state index is 0.251. The lowest BCUT2D eigenvalue weighted by Crippen LogP contribution is -2.27. The van der Waals surface area contributed by atoms with Crippen LogP contribution in [0.2, 0.25) is 0 Å². The van der Waals surface area contributed by atoms with Gasteiger partial charge in [0.05, 0.1) is 13.7 Å². The Hall–Kier alpha value is -2.87. The monoisotopic (exact) mass is 344 g/mol. The molecule has 0 aliphatic carbocycles. The Morgan fingerprint density at radius 1 is 1.36 bits per heavy atom. The number of H-pyrrole nitrogens is 1. The molecule has 0 radical (unpaired) electrons. The molecule has 1 aromatic carbocycles. The highest BCUT2D eigenvalue weighted by molar-refractivity contribution is 5.98. The number of carbonyl (C=O) groups excluding carboxylic acids is 1. The van der Waals surface area contributed by atoms with E-state index in [-0.39, 0.29) is 5.91 Å². The number of aromatic amines is 1. The maximum atomic E-state index is 12.4. The van der Waals surface area contributed by atoms with Crippen molar-refractivity contribution in [3.05, 3.63) is 41.7 Å². The Labute approximate surface area is 144 Å². The average Bonchev–Trinajstić information content (AvgIpc) is 3.25. The van der Waals surface area contributed by atoms with Gasteiger partial charge in [-0.1, -0.05) is 5.16 Å². The highest BCUT2D eigenvalue weighted by atomic mass is 16.5. The molecule has 0 aliphatic heterocycles. The number of hydrogen-bond donors (Lipinski definition) is 2. The zero-order chi connectivity index (χ0) is 17.8. The molecule has 1 unspecified atom stereocenters. The first-order valence-corrected chi connectivity index (χ1v) is 7.89. The third kappa shape index (κ3) is 3.80. The number of fused-ring (bicyclic) bond motifs is 1. The minimum Gasteiger partial charge on any atom is -0.497 e. The lowest BCUT2D eigenvalue weighted by atomic mass is 10.2. The van der Waals surface area contributed by atoms with Gasteiger partial charge in [-0.25, -0.2) is 0 Å². The lowest BCUT2D eigenvalue weighted by Gasteiger charge is -2.08. The van der Waals surface area contributed by atoms with E-state index in [0.717, 1.165) is 16.7 Å². The lowest BCUT2D eigenvalue weighted by molar-refractivity contribution is 0.0928. The van der Waals surface area contributed by atoms with Crippen LogP contribution in [0.25, 0.3) is 10.9 Å². The van der Waals surface area contributed by atoms with Gasteiger partial charge in [0.15, 0.2) is 5.82 Å². The predicted octanol–water partition coefficient (Wildman–Crippen LogP) is 2.24. The summed E-state index contributed by atoms with van der Waals surface area (Å²) in [6, 6.07) is 6.94. The van der Waals surface area contributed by atoms with Crippen molar-refractivity contribution in [3.63, 3.8) is 0 Å². The normalized spacial score (nSPS) is 12.3. The fourth-order valence-electron chi connectivity index (χ4n) is 2.43. The van der Waals surface area contributed by atoms with Crippen molar-refractivity contribution >= 4 is 16.8 Å². The van der Waals surface area contributed by atoms with Crippen LogP contribution in [-0.4, -0.2) is 41.9 Å². The van der Waals surface area contributed by atoms with Gasteiger partial charge in [0, 0.05) is 24.4 Å². The van der Waals surface area contributed by atoms with Gasteiger partial charge in [-0.05, 0) is 31.2 Å². The third-order valence-electron chi connectivity index (χ3n) is 3.80. The highest BCUT2D eigenvalue weighted by Gasteiger charge is 2.18. The second-order valence-corrected chi connectivity index (χ2v) is 5.62. The van der Waals surface area contributed by atoms with Gasteiger partial charge < -0.3 is 24.3 Å². The zero-order valence-corrected chi connectivity index (χ0v) is 14.3. The summed E-state index contributed by atoms with van der Waals surface area (Å²) in [6.45, 7) is 2.30. The molecule has 0 spiro atoms. The van der Waals surface area contributed by atoms with Gasteiger partial charge in [-0.3, -0.25) is 4.79 Å². The molecule has 1 amide bonds. The SMILES string of the molecule is COCCc1noc(C(C)NC(=O)c2cc3cc(OC)ccc3[nH]2)n1. The maximum Gasteiger partial charge on any atom is 0.268 e. The Balaban J connectivity index is 1.69. The highest BCUT2D eigenvalue weighted by Crippen LogP contribution is 2.22. The molecule has 2 N–H and O–H groups in total. The van der Waals surface area contributed by atoms with Crippen LogP contribution in [0.4, 0.5) is 0 Å². The summed E-state index contributed by atoms with van der Waals surface area (Å²) in [5.74, 6) is 1.40. The van der Waals surface area contributed by atoms with E-state index in [9.17, 15) is 4.79 Å². The van der Waals surface area contributed by atoms with Crippen LogP contribution in [0.1, 0.15) is 35.2 Å². The molecular weight excluding hydrogens is 324 g/mol. The van der Waals surface area contributed by atoms with Crippen molar-refractivity contribution in [1.29, 1.82) is 0 Å². The van der Waals surface area contributed by atoms with Gasteiger partial charge >= 0.3 is 0 Å². The van der Waals surface area contributed by atoms with E-state index >= 15 is 0 Å². The predicted molar refractivity (Wildman–Crippen MR) is 90.6 cm³/mol. The Morgan fingerprint density at radius 2 is 2.20 bits per heavy atom. The number of nitrogens with zero attached hydrogens (tertiary/aromatic N) is 2. The second-order valence-electron chi connectivity index (χ2n) is 5.62. The summed E-state index contributed by atoms with van der Waals surface area (Å²) in [6.07, 6.45) is 0.560. The second kappa shape index (κ2) is 7.35. The number of hydrogen-bond acceptors (Lipinski definition) is 6. The molecule has 1 atom stereocenters. The number of benzene rings is 1. The number of ether oxygens (including phenoxy) is 2. The number of rotatable bonds is 7. The first kappa shape index (κ1) is 17.0. The molecule has 0 fully saturated rings. The fourth-order valence-corrected chi connectivity index (χ4v) is 2.43. The molecule has 3 aromatic rings. The maximum absolute atomic E-state index is 12.4. The van der Waals surface area contributed by atoms with E-state index in [1.165, 1.54) is 0 Å². The number of carbonyl (C=O) groups is 1. The average molecular weight is 344 g/mol. The van der Waals surface area contributed by atoms with E-state index in [1.807, 2.05) is 18.2 Å². The van der Waals surface area contributed by atoms with Gasteiger partial charge in [0.1, 0.15) is 17.5 Å². The molecule has 8 heteroatoms. The molecule has 2 aromatic heterocycles. The Morgan fingerprint density at radius 3 is 2.96 bits per heavy atom. The van der Waals surface area contributed by atoms with E-state index < -0.39 is 6.04 Å². The van der Waals surface area contributed by atoms with Crippen LogP contribution in [0.15, 0.2) is 28.8 Å². The zero-order valence-electron chi connectivity index (χ0n) is 14.3. The van der Waals surface area contributed by atoms with Crippen LogP contribution < -0.4 is 10.1 Å². The largest absolute Gasteiger partial charge is 0.497 e. The van der Waals surface area contributed by atoms with Crippen molar-refractivity contribution in [2.24, 2.45) is 0 Å². The molecule has 2 heterocycles. The Kier molecular flexibility index (Phi) is 4.99.